The molecule has 2 rings (SSSR count). The van der Waals surface area contributed by atoms with Crippen LogP contribution >= 0.6 is 11.6 Å². The topological polar surface area (TPSA) is 17.8 Å². The number of fused-ring (bicyclic) bond motifs is 1. The molecule has 0 saturated carbocycles. The van der Waals surface area contributed by atoms with Crippen LogP contribution < -0.4 is 0 Å². The highest BCUT2D eigenvalue weighted by atomic mass is 35.5. The van der Waals surface area contributed by atoms with Crippen molar-refractivity contribution in [2.45, 2.75) is 32.0 Å². The number of hydrogen-bond acceptors (Lipinski definition) is 1. The van der Waals surface area contributed by atoms with Crippen LogP contribution in [0.4, 0.5) is 22.0 Å². The van der Waals surface area contributed by atoms with E-state index in [2.05, 4.69) is 4.98 Å². The SMILES string of the molecule is CC(CC(F)(F)F)n1c(CCCl)nc2c(F)cc(F)cc21. The lowest BCUT2D eigenvalue weighted by Crippen LogP contribution is -2.18. The summed E-state index contributed by atoms with van der Waals surface area (Å²) < 4.78 is 66.0. The number of imidazole rings is 1. The molecule has 0 N–H and O–H groups in total. The van der Waals surface area contributed by atoms with Crippen LogP contribution in [0, 0.1) is 11.6 Å². The van der Waals surface area contributed by atoms with Crippen molar-refractivity contribution < 1.29 is 22.0 Å². The molecule has 0 amide bonds. The second kappa shape index (κ2) is 5.79. The first kappa shape index (κ1) is 16.0. The first-order valence-electron chi connectivity index (χ1n) is 6.21. The Hall–Kier alpha value is -1.37. The zero-order valence-corrected chi connectivity index (χ0v) is 11.8. The molecule has 0 bridgehead atoms. The Morgan fingerprint density at radius 3 is 2.52 bits per heavy atom. The molecule has 1 heterocycles. The number of halogens is 6. The van der Waals surface area contributed by atoms with Crippen molar-refractivity contribution in [3.63, 3.8) is 0 Å². The lowest BCUT2D eigenvalue weighted by atomic mass is 10.2. The Morgan fingerprint density at radius 1 is 1.29 bits per heavy atom. The molecule has 2 aromatic rings. The molecule has 0 saturated heterocycles. The summed E-state index contributed by atoms with van der Waals surface area (Å²) in [5.41, 5.74) is -0.144. The molecule has 0 radical (unpaired) electrons. The Bertz CT molecular complexity index is 650. The standard InChI is InChI=1S/C13H12ClF5N2/c1-7(6-13(17,18)19)21-10-5-8(15)4-9(16)12(10)20-11(21)2-3-14/h4-5,7H,2-3,6H2,1H3. The van der Waals surface area contributed by atoms with Gasteiger partial charge in [-0.05, 0) is 13.0 Å². The number of rotatable bonds is 4. The van der Waals surface area contributed by atoms with Gasteiger partial charge in [-0.3, -0.25) is 0 Å². The highest BCUT2D eigenvalue weighted by Crippen LogP contribution is 2.32. The summed E-state index contributed by atoms with van der Waals surface area (Å²) in [4.78, 5) is 3.96. The van der Waals surface area contributed by atoms with Crippen molar-refractivity contribution >= 4 is 22.6 Å². The van der Waals surface area contributed by atoms with Crippen LogP contribution in [-0.2, 0) is 6.42 Å². The molecular weight excluding hydrogens is 315 g/mol. The van der Waals surface area contributed by atoms with E-state index in [0.29, 0.717) is 6.07 Å². The molecule has 0 fully saturated rings. The highest BCUT2D eigenvalue weighted by molar-refractivity contribution is 6.17. The van der Waals surface area contributed by atoms with Gasteiger partial charge in [0, 0.05) is 24.4 Å². The van der Waals surface area contributed by atoms with Gasteiger partial charge in [0.25, 0.3) is 0 Å². The van der Waals surface area contributed by atoms with Gasteiger partial charge >= 0.3 is 6.18 Å². The summed E-state index contributed by atoms with van der Waals surface area (Å²) in [6, 6.07) is 0.601. The third kappa shape index (κ3) is 3.45. The number of aromatic nitrogens is 2. The molecule has 0 aliphatic carbocycles. The number of nitrogens with zero attached hydrogens (tertiary/aromatic N) is 2. The van der Waals surface area contributed by atoms with Gasteiger partial charge in [0.05, 0.1) is 11.9 Å². The van der Waals surface area contributed by atoms with Crippen molar-refractivity contribution in [3.05, 3.63) is 29.6 Å². The minimum atomic E-state index is -4.39. The van der Waals surface area contributed by atoms with Crippen LogP contribution in [0.15, 0.2) is 12.1 Å². The van der Waals surface area contributed by atoms with Crippen LogP contribution in [-0.4, -0.2) is 21.6 Å². The first-order valence-corrected chi connectivity index (χ1v) is 6.75. The summed E-state index contributed by atoms with van der Waals surface area (Å²) in [6.07, 6.45) is -5.34. The van der Waals surface area contributed by atoms with Gasteiger partial charge in [-0.25, -0.2) is 13.8 Å². The predicted molar refractivity (Wildman–Crippen MR) is 69.5 cm³/mol. The smallest absolute Gasteiger partial charge is 0.325 e. The van der Waals surface area contributed by atoms with E-state index in [1.54, 1.807) is 0 Å². The van der Waals surface area contributed by atoms with E-state index in [9.17, 15) is 22.0 Å². The Morgan fingerprint density at radius 2 is 1.95 bits per heavy atom. The van der Waals surface area contributed by atoms with Gasteiger partial charge < -0.3 is 4.57 Å². The average Bonchev–Trinajstić information content (AvgIpc) is 2.65. The monoisotopic (exact) mass is 326 g/mol. The highest BCUT2D eigenvalue weighted by Gasteiger charge is 2.32. The summed E-state index contributed by atoms with van der Waals surface area (Å²) in [5.74, 6) is -1.44. The van der Waals surface area contributed by atoms with Gasteiger partial charge in [0.1, 0.15) is 17.2 Å². The van der Waals surface area contributed by atoms with Crippen molar-refractivity contribution in [1.82, 2.24) is 9.55 Å². The third-order valence-corrected chi connectivity index (χ3v) is 3.26. The summed E-state index contributed by atoms with van der Waals surface area (Å²) in [6.45, 7) is 1.33. The molecule has 116 valence electrons. The number of alkyl halides is 4. The summed E-state index contributed by atoms with van der Waals surface area (Å²) in [7, 11) is 0. The molecule has 1 aromatic carbocycles. The second-order valence-electron chi connectivity index (χ2n) is 4.76. The molecule has 0 aliphatic rings. The number of benzene rings is 1. The van der Waals surface area contributed by atoms with Crippen molar-refractivity contribution in [1.29, 1.82) is 0 Å². The fourth-order valence-corrected chi connectivity index (χ4v) is 2.52. The van der Waals surface area contributed by atoms with Crippen molar-refractivity contribution in [2.24, 2.45) is 0 Å². The van der Waals surface area contributed by atoms with Gasteiger partial charge in [-0.2, -0.15) is 13.2 Å². The van der Waals surface area contributed by atoms with Crippen molar-refractivity contribution in [3.8, 4) is 0 Å². The molecule has 2 nitrogen and oxygen atoms in total. The molecule has 1 atom stereocenters. The van der Waals surface area contributed by atoms with Gasteiger partial charge in [-0.1, -0.05) is 0 Å². The van der Waals surface area contributed by atoms with E-state index in [1.165, 1.54) is 11.5 Å². The van der Waals surface area contributed by atoms with E-state index in [0.717, 1.165) is 6.07 Å². The Labute approximate surface area is 122 Å². The lowest BCUT2D eigenvalue weighted by molar-refractivity contribution is -0.141. The maximum Gasteiger partial charge on any atom is 0.391 e. The van der Waals surface area contributed by atoms with Crippen LogP contribution in [0.3, 0.4) is 0 Å². The number of hydrogen-bond donors (Lipinski definition) is 0. The Kier molecular flexibility index (Phi) is 4.41. The zero-order chi connectivity index (χ0) is 15.8. The fourth-order valence-electron chi connectivity index (χ4n) is 2.35. The molecule has 0 spiro atoms. The average molecular weight is 327 g/mol. The summed E-state index contributed by atoms with van der Waals surface area (Å²) in [5, 5.41) is 0. The largest absolute Gasteiger partial charge is 0.391 e. The van der Waals surface area contributed by atoms with Gasteiger partial charge in [0.15, 0.2) is 5.82 Å². The molecule has 8 heteroatoms. The quantitative estimate of drug-likeness (QED) is 0.592. The molecule has 0 aliphatic heterocycles. The van der Waals surface area contributed by atoms with E-state index in [1.807, 2.05) is 0 Å². The van der Waals surface area contributed by atoms with Gasteiger partial charge in [-0.15, -0.1) is 11.6 Å². The zero-order valence-electron chi connectivity index (χ0n) is 11.0. The van der Waals surface area contributed by atoms with Gasteiger partial charge in [0.2, 0.25) is 0 Å². The fraction of sp³-hybridized carbons (Fsp3) is 0.462. The molecule has 1 aromatic heterocycles. The van der Waals surface area contributed by atoms with E-state index in [-0.39, 0.29) is 29.2 Å². The van der Waals surface area contributed by atoms with E-state index < -0.39 is 30.3 Å². The molecule has 21 heavy (non-hydrogen) atoms. The van der Waals surface area contributed by atoms with Crippen molar-refractivity contribution in [2.75, 3.05) is 5.88 Å². The Balaban J connectivity index is 2.60. The maximum atomic E-state index is 13.7. The molecule has 1 unspecified atom stereocenters. The summed E-state index contributed by atoms with van der Waals surface area (Å²) >= 11 is 5.60. The maximum absolute atomic E-state index is 13.7. The normalized spacial score (nSPS) is 13.9. The minimum absolute atomic E-state index is 0.00404. The van der Waals surface area contributed by atoms with Crippen LogP contribution in [0.2, 0.25) is 0 Å². The van der Waals surface area contributed by atoms with Crippen LogP contribution in [0.5, 0.6) is 0 Å². The van der Waals surface area contributed by atoms with Crippen LogP contribution in [0.1, 0.15) is 25.2 Å². The van der Waals surface area contributed by atoms with E-state index >= 15 is 0 Å². The van der Waals surface area contributed by atoms with E-state index in [4.69, 9.17) is 11.6 Å². The van der Waals surface area contributed by atoms with Crippen LogP contribution in [0.25, 0.3) is 11.0 Å². The minimum Gasteiger partial charge on any atom is -0.325 e. The second-order valence-corrected chi connectivity index (χ2v) is 5.14. The number of aryl methyl sites for hydroxylation is 1. The lowest BCUT2D eigenvalue weighted by Gasteiger charge is -2.19. The first-order chi connectivity index (χ1) is 9.73. The third-order valence-electron chi connectivity index (χ3n) is 3.07. The predicted octanol–water partition coefficient (Wildman–Crippen LogP) is 4.61. The molecular formula is C13H12ClF5N2.